The van der Waals surface area contributed by atoms with Crippen LogP contribution >= 0.6 is 0 Å². The third kappa shape index (κ3) is 3.91. The van der Waals surface area contributed by atoms with Gasteiger partial charge in [0.05, 0.1) is 5.69 Å². The van der Waals surface area contributed by atoms with Crippen molar-refractivity contribution in [3.63, 3.8) is 0 Å². The maximum absolute atomic E-state index is 12.6. The molecule has 3 aromatic rings. The van der Waals surface area contributed by atoms with E-state index in [-0.39, 0.29) is 11.6 Å². The maximum Gasteiger partial charge on any atom is 0.433 e. The van der Waals surface area contributed by atoms with Gasteiger partial charge in [-0.2, -0.15) is 13.2 Å². The summed E-state index contributed by atoms with van der Waals surface area (Å²) in [7, 11) is 0. The number of pyridine rings is 3. The Morgan fingerprint density at radius 1 is 0.962 bits per heavy atom. The van der Waals surface area contributed by atoms with Crippen molar-refractivity contribution in [1.82, 2.24) is 15.0 Å². The van der Waals surface area contributed by atoms with Crippen LogP contribution in [0.3, 0.4) is 0 Å². The van der Waals surface area contributed by atoms with E-state index in [1.54, 1.807) is 0 Å². The van der Waals surface area contributed by atoms with Crippen molar-refractivity contribution >= 4 is 5.82 Å². The molecule has 26 heavy (non-hydrogen) atoms. The number of rotatable bonds is 4. The monoisotopic (exact) mass is 362 g/mol. The van der Waals surface area contributed by atoms with Gasteiger partial charge in [-0.1, -0.05) is 0 Å². The third-order valence-electron chi connectivity index (χ3n) is 3.22. The molecule has 0 atom stereocenters. The maximum atomic E-state index is 12.6. The van der Waals surface area contributed by atoms with Crippen LogP contribution < -0.4 is 4.74 Å². The highest BCUT2D eigenvalue weighted by Gasteiger charge is 2.32. The number of nitrogens with zero attached hydrogens (tertiary/aromatic N) is 4. The van der Waals surface area contributed by atoms with Crippen LogP contribution in [0.1, 0.15) is 5.69 Å². The molecule has 0 saturated carbocycles. The minimum atomic E-state index is -4.51. The van der Waals surface area contributed by atoms with Gasteiger partial charge >= 0.3 is 12.0 Å². The molecule has 0 saturated heterocycles. The second kappa shape index (κ2) is 6.75. The molecule has 0 aromatic carbocycles. The zero-order valence-electron chi connectivity index (χ0n) is 12.8. The molecule has 0 radical (unpaired) electrons. The van der Waals surface area contributed by atoms with Crippen LogP contribution in [0, 0.1) is 10.1 Å². The summed E-state index contributed by atoms with van der Waals surface area (Å²) in [6.07, 6.45) is -0.832. The lowest BCUT2D eigenvalue weighted by atomic mass is 10.1. The first-order chi connectivity index (χ1) is 12.3. The van der Waals surface area contributed by atoms with Crippen molar-refractivity contribution in [3.8, 4) is 22.8 Å². The Labute approximate surface area is 144 Å². The summed E-state index contributed by atoms with van der Waals surface area (Å²) >= 11 is 0. The lowest BCUT2D eigenvalue weighted by Crippen LogP contribution is -2.07. The SMILES string of the molecule is O=[N+]([O-])c1ccc(Oc2ccnc(-c3ccc(C(F)(F)F)nc3)c2)cn1. The lowest BCUT2D eigenvalue weighted by Gasteiger charge is -2.08. The number of halogens is 3. The molecule has 0 fully saturated rings. The van der Waals surface area contributed by atoms with Crippen molar-refractivity contribution in [1.29, 1.82) is 0 Å². The van der Waals surface area contributed by atoms with E-state index in [4.69, 9.17) is 4.74 Å². The highest BCUT2D eigenvalue weighted by atomic mass is 19.4. The molecule has 3 heterocycles. The number of ether oxygens (including phenoxy) is 1. The Balaban J connectivity index is 1.81. The number of hydrogen-bond acceptors (Lipinski definition) is 6. The van der Waals surface area contributed by atoms with E-state index >= 15 is 0 Å². The predicted octanol–water partition coefficient (Wildman–Crippen LogP) is 4.26. The van der Waals surface area contributed by atoms with E-state index in [2.05, 4.69) is 15.0 Å². The zero-order chi connectivity index (χ0) is 18.7. The molecule has 7 nitrogen and oxygen atoms in total. The zero-order valence-corrected chi connectivity index (χ0v) is 12.8. The standard InChI is InChI=1S/C16H9F3N4O3/c17-16(18,19)14-3-1-10(8-21-14)13-7-11(5-6-20-13)26-12-2-4-15(22-9-12)23(24)25/h1-9H. The first kappa shape index (κ1) is 17.3. The van der Waals surface area contributed by atoms with Crippen LogP contribution in [-0.2, 0) is 6.18 Å². The van der Waals surface area contributed by atoms with Gasteiger partial charge in [-0.3, -0.25) is 9.97 Å². The van der Waals surface area contributed by atoms with Gasteiger partial charge in [-0.05, 0) is 34.2 Å². The van der Waals surface area contributed by atoms with Crippen LogP contribution in [-0.4, -0.2) is 19.9 Å². The molecule has 0 aliphatic carbocycles. The van der Waals surface area contributed by atoms with Gasteiger partial charge in [0.25, 0.3) is 0 Å². The molecular weight excluding hydrogens is 353 g/mol. The lowest BCUT2D eigenvalue weighted by molar-refractivity contribution is -0.389. The van der Waals surface area contributed by atoms with Gasteiger partial charge in [-0.15, -0.1) is 0 Å². The molecule has 132 valence electrons. The van der Waals surface area contributed by atoms with Crippen LogP contribution in [0.5, 0.6) is 11.5 Å². The normalized spacial score (nSPS) is 11.2. The minimum Gasteiger partial charge on any atom is -0.453 e. The fraction of sp³-hybridized carbons (Fsp3) is 0.0625. The van der Waals surface area contributed by atoms with E-state index in [0.29, 0.717) is 17.0 Å². The molecular formula is C16H9F3N4O3. The molecule has 0 bridgehead atoms. The van der Waals surface area contributed by atoms with Crippen LogP contribution in [0.2, 0.25) is 0 Å². The summed E-state index contributed by atoms with van der Waals surface area (Å²) in [5.74, 6) is 0.285. The van der Waals surface area contributed by atoms with Crippen LogP contribution in [0.15, 0.2) is 55.0 Å². The summed E-state index contributed by atoms with van der Waals surface area (Å²) in [6, 6.07) is 7.73. The van der Waals surface area contributed by atoms with Crippen molar-refractivity contribution in [2.24, 2.45) is 0 Å². The average molecular weight is 362 g/mol. The number of alkyl halides is 3. The first-order valence-corrected chi connectivity index (χ1v) is 7.11. The first-order valence-electron chi connectivity index (χ1n) is 7.11. The summed E-state index contributed by atoms with van der Waals surface area (Å²) in [5.41, 5.74) is -0.255. The topological polar surface area (TPSA) is 91.0 Å². The summed E-state index contributed by atoms with van der Waals surface area (Å²) in [4.78, 5) is 21.0. The fourth-order valence-corrected chi connectivity index (χ4v) is 2.02. The molecule has 0 aliphatic rings. The molecule has 10 heteroatoms. The molecule has 0 spiro atoms. The number of hydrogen-bond donors (Lipinski definition) is 0. The largest absolute Gasteiger partial charge is 0.453 e. The highest BCUT2D eigenvalue weighted by Crippen LogP contribution is 2.30. The second-order valence-electron chi connectivity index (χ2n) is 5.02. The van der Waals surface area contributed by atoms with Crippen LogP contribution in [0.4, 0.5) is 19.0 Å². The van der Waals surface area contributed by atoms with E-state index < -0.39 is 16.8 Å². The van der Waals surface area contributed by atoms with Gasteiger partial charge in [0.15, 0.2) is 11.9 Å². The van der Waals surface area contributed by atoms with E-state index in [1.807, 2.05) is 0 Å². The quantitative estimate of drug-likeness (QED) is 0.509. The van der Waals surface area contributed by atoms with E-state index in [0.717, 1.165) is 12.3 Å². The van der Waals surface area contributed by atoms with E-state index in [9.17, 15) is 23.3 Å². The van der Waals surface area contributed by atoms with Crippen molar-refractivity contribution < 1.29 is 22.8 Å². The van der Waals surface area contributed by atoms with Gasteiger partial charge in [0, 0.05) is 30.1 Å². The second-order valence-corrected chi connectivity index (χ2v) is 5.02. The fourth-order valence-electron chi connectivity index (χ4n) is 2.02. The molecule has 0 N–H and O–H groups in total. The Morgan fingerprint density at radius 2 is 1.77 bits per heavy atom. The minimum absolute atomic E-state index is 0.262. The smallest absolute Gasteiger partial charge is 0.433 e. The highest BCUT2D eigenvalue weighted by molar-refractivity contribution is 5.59. The van der Waals surface area contributed by atoms with Crippen LogP contribution in [0.25, 0.3) is 11.3 Å². The Hall–Kier alpha value is -3.56. The average Bonchev–Trinajstić information content (AvgIpc) is 2.62. The van der Waals surface area contributed by atoms with E-state index in [1.165, 1.54) is 42.7 Å². The van der Waals surface area contributed by atoms with Gasteiger partial charge in [0.1, 0.15) is 11.4 Å². The van der Waals surface area contributed by atoms with Gasteiger partial charge < -0.3 is 14.9 Å². The van der Waals surface area contributed by atoms with Gasteiger partial charge in [0.2, 0.25) is 0 Å². The molecule has 0 amide bonds. The summed E-state index contributed by atoms with van der Waals surface area (Å²) in [6.45, 7) is 0. The summed E-state index contributed by atoms with van der Waals surface area (Å²) in [5, 5.41) is 10.6. The molecule has 3 rings (SSSR count). The van der Waals surface area contributed by atoms with Crippen molar-refractivity contribution in [2.45, 2.75) is 6.18 Å². The Kier molecular flexibility index (Phi) is 4.48. The summed E-state index contributed by atoms with van der Waals surface area (Å²) < 4.78 is 43.2. The third-order valence-corrected chi connectivity index (χ3v) is 3.22. The van der Waals surface area contributed by atoms with Crippen molar-refractivity contribution in [3.05, 3.63) is 70.8 Å². The van der Waals surface area contributed by atoms with Gasteiger partial charge in [-0.25, -0.2) is 0 Å². The molecule has 0 aliphatic heterocycles. The molecule has 0 unspecified atom stereocenters. The number of aromatic nitrogens is 3. The molecule has 3 aromatic heterocycles. The number of nitro groups is 1. The Bertz CT molecular complexity index is 929. The van der Waals surface area contributed by atoms with Crippen molar-refractivity contribution in [2.75, 3.05) is 0 Å². The Morgan fingerprint density at radius 3 is 2.35 bits per heavy atom. The predicted molar refractivity (Wildman–Crippen MR) is 83.4 cm³/mol.